The largest absolute Gasteiger partial charge is 0.467 e. The molecule has 2 N–H and O–H groups in total. The van der Waals surface area contributed by atoms with Crippen molar-refractivity contribution in [3.05, 3.63) is 57.4 Å². The maximum atomic E-state index is 12.0. The lowest BCUT2D eigenvalue weighted by Crippen LogP contribution is -2.37. The Labute approximate surface area is 122 Å². The molecule has 0 aromatic carbocycles. The van der Waals surface area contributed by atoms with Gasteiger partial charge in [0.1, 0.15) is 5.76 Å². The number of amides is 2. The first-order valence-electron chi connectivity index (χ1n) is 6.68. The van der Waals surface area contributed by atoms with Gasteiger partial charge in [-0.25, -0.2) is 4.79 Å². The van der Waals surface area contributed by atoms with Crippen LogP contribution in [0.1, 0.15) is 22.6 Å². The van der Waals surface area contributed by atoms with Gasteiger partial charge in [-0.3, -0.25) is 4.79 Å². The number of nitrogens with one attached hydrogen (secondary N) is 2. The predicted octanol–water partition coefficient (Wildman–Crippen LogP) is 1.93. The van der Waals surface area contributed by atoms with Crippen molar-refractivity contribution < 1.29 is 9.21 Å². The van der Waals surface area contributed by atoms with Gasteiger partial charge in [0, 0.05) is 18.3 Å². The first-order valence-corrected chi connectivity index (χ1v) is 6.68. The summed E-state index contributed by atoms with van der Waals surface area (Å²) >= 11 is 0. The maximum absolute atomic E-state index is 12.0. The third-order valence-electron chi connectivity index (χ3n) is 3.23. The van der Waals surface area contributed by atoms with Gasteiger partial charge in [0.15, 0.2) is 0 Å². The van der Waals surface area contributed by atoms with Crippen LogP contribution in [-0.4, -0.2) is 23.0 Å². The number of H-pyrrole nitrogens is 1. The normalized spacial score (nSPS) is 10.4. The Kier molecular flexibility index (Phi) is 4.47. The third-order valence-corrected chi connectivity index (χ3v) is 3.23. The summed E-state index contributed by atoms with van der Waals surface area (Å²) in [5.41, 5.74) is 2.08. The Morgan fingerprint density at radius 2 is 2.19 bits per heavy atom. The van der Waals surface area contributed by atoms with Crippen molar-refractivity contribution in [2.45, 2.75) is 26.9 Å². The minimum absolute atomic E-state index is 0.165. The number of aryl methyl sites for hydroxylation is 2. The molecule has 0 aliphatic rings. The fourth-order valence-electron chi connectivity index (χ4n) is 2.11. The number of hydrogen-bond acceptors (Lipinski definition) is 3. The summed E-state index contributed by atoms with van der Waals surface area (Å²) in [6, 6.07) is 5.20. The molecule has 6 nitrogen and oxygen atoms in total. The van der Waals surface area contributed by atoms with Crippen LogP contribution in [0, 0.1) is 13.8 Å². The summed E-state index contributed by atoms with van der Waals surface area (Å²) in [5.74, 6) is 0.706. The highest BCUT2D eigenvalue weighted by molar-refractivity contribution is 5.73. The van der Waals surface area contributed by atoms with Gasteiger partial charge in [-0.15, -0.1) is 0 Å². The number of carbonyl (C=O) groups is 1. The van der Waals surface area contributed by atoms with Crippen molar-refractivity contribution in [1.82, 2.24) is 15.2 Å². The minimum atomic E-state index is -0.259. The van der Waals surface area contributed by atoms with Crippen molar-refractivity contribution in [2.75, 3.05) is 7.05 Å². The molecule has 0 fully saturated rings. The van der Waals surface area contributed by atoms with E-state index in [2.05, 4.69) is 10.3 Å². The molecular formula is C15H19N3O3. The van der Waals surface area contributed by atoms with Crippen LogP contribution in [0.3, 0.4) is 0 Å². The molecule has 0 saturated carbocycles. The molecule has 0 bridgehead atoms. The highest BCUT2D eigenvalue weighted by Gasteiger charge is 2.12. The molecule has 0 aliphatic carbocycles. The van der Waals surface area contributed by atoms with Gasteiger partial charge < -0.3 is 19.6 Å². The van der Waals surface area contributed by atoms with Crippen LogP contribution in [0.2, 0.25) is 0 Å². The molecule has 2 rings (SSSR count). The van der Waals surface area contributed by atoms with Crippen LogP contribution in [0.15, 0.2) is 33.7 Å². The van der Waals surface area contributed by atoms with Gasteiger partial charge in [-0.1, -0.05) is 0 Å². The second-order valence-electron chi connectivity index (χ2n) is 5.04. The van der Waals surface area contributed by atoms with Crippen LogP contribution < -0.4 is 10.9 Å². The van der Waals surface area contributed by atoms with E-state index in [9.17, 15) is 9.59 Å². The molecule has 2 heterocycles. The lowest BCUT2D eigenvalue weighted by molar-refractivity contribution is 0.202. The van der Waals surface area contributed by atoms with Crippen LogP contribution in [0.5, 0.6) is 0 Å². The number of furan rings is 1. The van der Waals surface area contributed by atoms with Crippen molar-refractivity contribution >= 4 is 6.03 Å². The van der Waals surface area contributed by atoms with E-state index in [0.717, 1.165) is 11.3 Å². The minimum Gasteiger partial charge on any atom is -0.467 e. The van der Waals surface area contributed by atoms with E-state index in [-0.39, 0.29) is 18.1 Å². The number of urea groups is 1. The molecule has 0 unspecified atom stereocenters. The number of aromatic amines is 1. The second-order valence-corrected chi connectivity index (χ2v) is 5.04. The average molecular weight is 289 g/mol. The SMILES string of the molecule is Cc1cc(C)c(CNC(=O)N(C)Cc2ccco2)c(=O)[nH]1. The number of pyridine rings is 1. The topological polar surface area (TPSA) is 78.3 Å². The van der Waals surface area contributed by atoms with Crippen molar-refractivity contribution in [2.24, 2.45) is 0 Å². The highest BCUT2D eigenvalue weighted by atomic mass is 16.3. The summed E-state index contributed by atoms with van der Waals surface area (Å²) in [4.78, 5) is 28.1. The fraction of sp³-hybridized carbons (Fsp3) is 0.333. The van der Waals surface area contributed by atoms with Crippen LogP contribution in [0.4, 0.5) is 4.79 Å². The van der Waals surface area contributed by atoms with Crippen molar-refractivity contribution in [3.63, 3.8) is 0 Å². The standard InChI is InChI=1S/C15H19N3O3/c1-10-7-11(2)17-14(19)13(10)8-16-15(20)18(3)9-12-5-4-6-21-12/h4-7H,8-9H2,1-3H3,(H,16,20)(H,17,19). The molecule has 112 valence electrons. The van der Waals surface area contributed by atoms with E-state index in [4.69, 9.17) is 4.42 Å². The van der Waals surface area contributed by atoms with E-state index in [1.54, 1.807) is 25.4 Å². The van der Waals surface area contributed by atoms with Crippen LogP contribution >= 0.6 is 0 Å². The van der Waals surface area contributed by atoms with Crippen LogP contribution in [-0.2, 0) is 13.1 Å². The van der Waals surface area contributed by atoms with Crippen LogP contribution in [0.25, 0.3) is 0 Å². The summed E-state index contributed by atoms with van der Waals surface area (Å²) in [6.07, 6.45) is 1.57. The molecule has 0 saturated heterocycles. The second kappa shape index (κ2) is 6.30. The molecule has 21 heavy (non-hydrogen) atoms. The molecule has 2 amide bonds. The molecule has 0 radical (unpaired) electrons. The lowest BCUT2D eigenvalue weighted by atomic mass is 10.1. The third kappa shape index (κ3) is 3.75. The first kappa shape index (κ1) is 14.9. The number of hydrogen-bond donors (Lipinski definition) is 2. The summed E-state index contributed by atoms with van der Waals surface area (Å²) in [7, 11) is 1.67. The molecule has 0 atom stereocenters. The van der Waals surface area contributed by atoms with Gasteiger partial charge in [-0.2, -0.15) is 0 Å². The fourth-order valence-corrected chi connectivity index (χ4v) is 2.11. The van der Waals surface area contributed by atoms with Gasteiger partial charge >= 0.3 is 6.03 Å². The quantitative estimate of drug-likeness (QED) is 0.902. The van der Waals surface area contributed by atoms with E-state index in [0.29, 0.717) is 17.9 Å². The van der Waals surface area contributed by atoms with Gasteiger partial charge in [0.25, 0.3) is 5.56 Å². The van der Waals surface area contributed by atoms with E-state index in [1.807, 2.05) is 19.9 Å². The Morgan fingerprint density at radius 3 is 2.81 bits per heavy atom. The van der Waals surface area contributed by atoms with E-state index in [1.165, 1.54) is 4.90 Å². The zero-order chi connectivity index (χ0) is 15.4. The smallest absolute Gasteiger partial charge is 0.317 e. The number of nitrogens with zero attached hydrogens (tertiary/aromatic N) is 1. The monoisotopic (exact) mass is 289 g/mol. The zero-order valence-electron chi connectivity index (χ0n) is 12.4. The first-order chi connectivity index (χ1) is 9.97. The Hall–Kier alpha value is -2.50. The highest BCUT2D eigenvalue weighted by Crippen LogP contribution is 2.05. The molecule has 0 spiro atoms. The summed E-state index contributed by atoms with van der Waals surface area (Å²) in [6.45, 7) is 4.26. The maximum Gasteiger partial charge on any atom is 0.317 e. The van der Waals surface area contributed by atoms with Gasteiger partial charge in [0.2, 0.25) is 0 Å². The number of rotatable bonds is 4. The molecular weight excluding hydrogens is 270 g/mol. The van der Waals surface area contributed by atoms with Crippen molar-refractivity contribution in [1.29, 1.82) is 0 Å². The Bertz CT molecular complexity index is 674. The van der Waals surface area contributed by atoms with Crippen molar-refractivity contribution in [3.8, 4) is 0 Å². The Balaban J connectivity index is 1.96. The number of aromatic nitrogens is 1. The average Bonchev–Trinajstić information content (AvgIpc) is 2.89. The molecule has 2 aromatic rings. The number of carbonyl (C=O) groups excluding carboxylic acids is 1. The predicted molar refractivity (Wildman–Crippen MR) is 78.9 cm³/mol. The molecule has 6 heteroatoms. The Morgan fingerprint density at radius 1 is 1.43 bits per heavy atom. The van der Waals surface area contributed by atoms with Gasteiger partial charge in [-0.05, 0) is 37.6 Å². The van der Waals surface area contributed by atoms with Gasteiger partial charge in [0.05, 0.1) is 19.4 Å². The summed E-state index contributed by atoms with van der Waals surface area (Å²) in [5, 5.41) is 2.74. The molecule has 2 aromatic heterocycles. The lowest BCUT2D eigenvalue weighted by Gasteiger charge is -2.17. The molecule has 0 aliphatic heterocycles. The van der Waals surface area contributed by atoms with E-state index < -0.39 is 0 Å². The summed E-state index contributed by atoms with van der Waals surface area (Å²) < 4.78 is 5.19. The van der Waals surface area contributed by atoms with E-state index >= 15 is 0 Å². The zero-order valence-corrected chi connectivity index (χ0v) is 12.4.